The molecule has 0 aromatic heterocycles. The van der Waals surface area contributed by atoms with E-state index in [1.165, 1.54) is 68.9 Å². The fourth-order valence-corrected chi connectivity index (χ4v) is 3.05. The van der Waals surface area contributed by atoms with Crippen LogP contribution in [0.1, 0.15) is 95.1 Å². The summed E-state index contributed by atoms with van der Waals surface area (Å²) in [5, 5.41) is 0. The fraction of sp³-hybridized carbons (Fsp3) is 0.667. The van der Waals surface area contributed by atoms with Gasteiger partial charge < -0.3 is 4.74 Å². The predicted octanol–water partition coefficient (Wildman–Crippen LogP) is 7.39. The fourth-order valence-electron chi connectivity index (χ4n) is 3.05. The summed E-state index contributed by atoms with van der Waals surface area (Å²) in [5.74, 6) is 7.67. The number of unbranched alkanes of at least 4 members (excludes halogenated alkanes) is 10. The van der Waals surface area contributed by atoms with E-state index in [9.17, 15) is 0 Å². The van der Waals surface area contributed by atoms with Crippen LogP contribution in [0.2, 0.25) is 0 Å². The number of ether oxygens (including phenoxy) is 1. The van der Waals surface area contributed by atoms with Crippen LogP contribution in [0.4, 0.5) is 0 Å². The molecule has 0 saturated heterocycles. The van der Waals surface area contributed by atoms with Crippen molar-refractivity contribution in [2.45, 2.75) is 97.8 Å². The summed E-state index contributed by atoms with van der Waals surface area (Å²) in [7, 11) is 0. The molecule has 1 aromatic carbocycles. The Kier molecular flexibility index (Phi) is 12.9. The molecule has 1 nitrogen and oxygen atoms in total. The maximum atomic E-state index is 5.86. The molecule has 0 aliphatic rings. The van der Waals surface area contributed by atoms with E-state index in [-0.39, 0.29) is 0 Å². The molecule has 0 atom stereocenters. The van der Waals surface area contributed by atoms with Crippen molar-refractivity contribution in [3.8, 4) is 17.6 Å². The van der Waals surface area contributed by atoms with E-state index in [0.29, 0.717) is 0 Å². The summed E-state index contributed by atoms with van der Waals surface area (Å²) < 4.78 is 5.86. The van der Waals surface area contributed by atoms with Crippen molar-refractivity contribution in [1.82, 2.24) is 0 Å². The lowest BCUT2D eigenvalue weighted by Gasteiger charge is -2.08. The van der Waals surface area contributed by atoms with Gasteiger partial charge in [0.25, 0.3) is 0 Å². The lowest BCUT2D eigenvalue weighted by Crippen LogP contribution is -1.98. The van der Waals surface area contributed by atoms with Crippen molar-refractivity contribution in [3.63, 3.8) is 0 Å². The summed E-state index contributed by atoms with van der Waals surface area (Å²) >= 11 is 0. The molecule has 0 aliphatic heterocycles. The predicted molar refractivity (Wildman–Crippen MR) is 110 cm³/mol. The van der Waals surface area contributed by atoms with Crippen LogP contribution in [-0.2, 0) is 0 Å². The highest BCUT2D eigenvalue weighted by Gasteiger charge is 1.97. The number of benzene rings is 1. The molecule has 25 heavy (non-hydrogen) atoms. The molecule has 140 valence electrons. The zero-order valence-corrected chi connectivity index (χ0v) is 16.8. The van der Waals surface area contributed by atoms with Gasteiger partial charge in [-0.3, -0.25) is 0 Å². The zero-order valence-electron chi connectivity index (χ0n) is 16.8. The van der Waals surface area contributed by atoms with Gasteiger partial charge in [0.05, 0.1) is 6.61 Å². The van der Waals surface area contributed by atoms with E-state index in [1.807, 2.05) is 0 Å². The third kappa shape index (κ3) is 12.6. The molecule has 0 spiro atoms. The molecule has 1 rings (SSSR count). The first-order chi connectivity index (χ1) is 12.2. The van der Waals surface area contributed by atoms with Crippen molar-refractivity contribution >= 4 is 0 Å². The minimum atomic E-state index is 0.840. The molecule has 1 aromatic rings. The highest BCUT2D eigenvalue weighted by Crippen LogP contribution is 2.17. The summed E-state index contributed by atoms with van der Waals surface area (Å²) in [6.45, 7) is 7.34. The molecule has 0 heterocycles. The molecule has 0 amide bonds. The van der Waals surface area contributed by atoms with Gasteiger partial charge in [-0.15, -0.1) is 11.8 Å². The Bertz CT molecular complexity index is 486. The minimum Gasteiger partial charge on any atom is -0.494 e. The van der Waals surface area contributed by atoms with E-state index in [0.717, 1.165) is 31.6 Å². The monoisotopic (exact) mass is 342 g/mol. The van der Waals surface area contributed by atoms with Gasteiger partial charge in [-0.2, -0.15) is 0 Å². The van der Waals surface area contributed by atoms with Crippen molar-refractivity contribution in [2.75, 3.05) is 6.61 Å². The van der Waals surface area contributed by atoms with Gasteiger partial charge >= 0.3 is 0 Å². The molecular formula is C24H38O. The zero-order chi connectivity index (χ0) is 18.2. The largest absolute Gasteiger partial charge is 0.494 e. The minimum absolute atomic E-state index is 0.840. The molecule has 0 radical (unpaired) electrons. The average Bonchev–Trinajstić information content (AvgIpc) is 2.57. The quantitative estimate of drug-likeness (QED) is 0.268. The van der Waals surface area contributed by atoms with Gasteiger partial charge in [0.1, 0.15) is 5.75 Å². The normalized spacial score (nSPS) is 10.4. The van der Waals surface area contributed by atoms with Gasteiger partial charge in [-0.1, -0.05) is 57.9 Å². The first-order valence-electron chi connectivity index (χ1n) is 10.4. The molecular weight excluding hydrogens is 304 g/mol. The van der Waals surface area contributed by atoms with Crippen LogP contribution in [0.5, 0.6) is 5.75 Å². The van der Waals surface area contributed by atoms with Crippen LogP contribution in [0.15, 0.2) is 18.2 Å². The van der Waals surface area contributed by atoms with E-state index in [2.05, 4.69) is 50.8 Å². The highest BCUT2D eigenvalue weighted by molar-refractivity contribution is 5.32. The summed E-state index contributed by atoms with van der Waals surface area (Å²) in [4.78, 5) is 0. The van der Waals surface area contributed by atoms with E-state index in [1.54, 1.807) is 0 Å². The number of rotatable bonds is 13. The Morgan fingerprint density at radius 2 is 1.20 bits per heavy atom. The molecule has 0 unspecified atom stereocenters. The average molecular weight is 343 g/mol. The first kappa shape index (κ1) is 21.6. The van der Waals surface area contributed by atoms with Gasteiger partial charge in [0.2, 0.25) is 0 Å². The second-order valence-corrected chi connectivity index (χ2v) is 7.21. The van der Waals surface area contributed by atoms with Crippen LogP contribution in [-0.4, -0.2) is 6.61 Å². The van der Waals surface area contributed by atoms with Crippen LogP contribution < -0.4 is 4.74 Å². The summed E-state index contributed by atoms with van der Waals surface area (Å²) in [6, 6.07) is 6.43. The highest BCUT2D eigenvalue weighted by atomic mass is 16.5. The molecule has 0 aliphatic carbocycles. The maximum Gasteiger partial charge on any atom is 0.119 e. The Morgan fingerprint density at radius 3 is 1.80 bits per heavy atom. The van der Waals surface area contributed by atoms with E-state index >= 15 is 0 Å². The van der Waals surface area contributed by atoms with Crippen molar-refractivity contribution in [1.29, 1.82) is 0 Å². The first-order valence-corrected chi connectivity index (χ1v) is 10.4. The van der Waals surface area contributed by atoms with Crippen LogP contribution >= 0.6 is 0 Å². The Morgan fingerprint density at radius 1 is 0.680 bits per heavy atom. The van der Waals surface area contributed by atoms with Crippen molar-refractivity contribution < 1.29 is 4.74 Å². The number of aryl methyl sites for hydroxylation is 2. The Labute approximate surface area is 156 Å². The van der Waals surface area contributed by atoms with Gasteiger partial charge in [0, 0.05) is 12.8 Å². The summed E-state index contributed by atoms with van der Waals surface area (Å²) in [5.41, 5.74) is 2.55. The standard InChI is InChI=1S/C24H38O/c1-4-5-6-7-8-9-10-11-12-13-14-15-16-17-18-25-24-20-22(2)19-23(3)21-24/h19-21H,4-8,11-18H2,1-3H3. The van der Waals surface area contributed by atoms with Crippen LogP contribution in [0.3, 0.4) is 0 Å². The van der Waals surface area contributed by atoms with E-state index in [4.69, 9.17) is 4.74 Å². The second kappa shape index (κ2) is 14.9. The third-order valence-electron chi connectivity index (χ3n) is 4.44. The molecule has 0 N–H and O–H groups in total. The smallest absolute Gasteiger partial charge is 0.119 e. The Balaban J connectivity index is 1.88. The van der Waals surface area contributed by atoms with E-state index < -0.39 is 0 Å². The van der Waals surface area contributed by atoms with Crippen LogP contribution in [0, 0.1) is 25.7 Å². The third-order valence-corrected chi connectivity index (χ3v) is 4.44. The SMILES string of the molecule is CCCCCCC#CCCCCCCCCOc1cc(C)cc(C)c1. The van der Waals surface area contributed by atoms with Crippen molar-refractivity contribution in [3.05, 3.63) is 29.3 Å². The molecule has 0 bridgehead atoms. The maximum absolute atomic E-state index is 5.86. The van der Waals surface area contributed by atoms with Crippen molar-refractivity contribution in [2.24, 2.45) is 0 Å². The second-order valence-electron chi connectivity index (χ2n) is 7.21. The lowest BCUT2D eigenvalue weighted by atomic mass is 10.1. The van der Waals surface area contributed by atoms with Gasteiger partial charge in [-0.25, -0.2) is 0 Å². The Hall–Kier alpha value is -1.42. The topological polar surface area (TPSA) is 9.23 Å². The lowest BCUT2D eigenvalue weighted by molar-refractivity contribution is 0.304. The molecule has 0 saturated carbocycles. The number of hydrogen-bond acceptors (Lipinski definition) is 1. The molecule has 0 fully saturated rings. The summed E-state index contributed by atoms with van der Waals surface area (Å²) in [6.07, 6.45) is 15.2. The van der Waals surface area contributed by atoms with Crippen LogP contribution in [0.25, 0.3) is 0 Å². The van der Waals surface area contributed by atoms with Gasteiger partial charge in [-0.05, 0) is 56.4 Å². The number of hydrogen-bond donors (Lipinski definition) is 0. The van der Waals surface area contributed by atoms with Gasteiger partial charge in [0.15, 0.2) is 0 Å². The molecule has 1 heteroatoms.